The third kappa shape index (κ3) is 5.79. The van der Waals surface area contributed by atoms with Crippen LogP contribution in [0.2, 0.25) is 0 Å². The van der Waals surface area contributed by atoms with Crippen LogP contribution in [0.3, 0.4) is 0 Å². The van der Waals surface area contributed by atoms with Crippen LogP contribution < -0.4 is 0 Å². The molecule has 0 spiro atoms. The van der Waals surface area contributed by atoms with E-state index in [4.69, 9.17) is 0 Å². The quantitative estimate of drug-likeness (QED) is 0.521. The van der Waals surface area contributed by atoms with E-state index >= 15 is 0 Å². The summed E-state index contributed by atoms with van der Waals surface area (Å²) in [5, 5.41) is 0. The number of hydrogen-bond donors (Lipinski definition) is 0. The lowest BCUT2D eigenvalue weighted by molar-refractivity contribution is 0.145. The fraction of sp³-hybridized carbons (Fsp3) is 0.750. The maximum atomic E-state index is 11.0. The Labute approximate surface area is 40.3 Å². The van der Waals surface area contributed by atoms with Gasteiger partial charge in [0.25, 0.3) is 0 Å². The molecule has 7 heavy (non-hydrogen) atoms. The predicted octanol–water partition coefficient (Wildman–Crippen LogP) is 1.82. The van der Waals surface area contributed by atoms with Crippen LogP contribution in [0.5, 0.6) is 0 Å². The summed E-state index contributed by atoms with van der Waals surface area (Å²) in [6, 6.07) is 0. The summed E-state index contributed by atoms with van der Waals surface area (Å²) >= 11 is 0. The Morgan fingerprint density at radius 2 is 2.00 bits per heavy atom. The first-order valence-electron chi connectivity index (χ1n) is 1.93. The average Bonchev–Trinajstić information content (AvgIpc) is 1.61. The van der Waals surface area contributed by atoms with E-state index in [0.29, 0.717) is 0 Å². The molecule has 0 aliphatic rings. The molecule has 0 bridgehead atoms. The topological polar surface area (TPSA) is 0 Å². The number of rotatable bonds is 3. The Morgan fingerprint density at radius 3 is 2.14 bits per heavy atom. The highest BCUT2D eigenvalue weighted by molar-refractivity contribution is 4.62. The van der Waals surface area contributed by atoms with Crippen molar-refractivity contribution in [3.8, 4) is 0 Å². The normalized spacial score (nSPS) is 10.3. The molecule has 0 atom stereocenters. The summed E-state index contributed by atoms with van der Waals surface area (Å²) in [4.78, 5) is 0. The van der Waals surface area contributed by atoms with Crippen molar-refractivity contribution in [1.29, 1.82) is 0 Å². The zero-order chi connectivity index (χ0) is 5.70. The van der Waals surface area contributed by atoms with Crippen molar-refractivity contribution >= 4 is 0 Å². The van der Waals surface area contributed by atoms with E-state index in [1.165, 1.54) is 0 Å². The maximum absolute atomic E-state index is 11.0. The maximum Gasteiger partial charge on any atom is 0.239 e. The fourth-order valence-electron chi connectivity index (χ4n) is 0.189. The van der Waals surface area contributed by atoms with Crippen molar-refractivity contribution in [2.45, 2.75) is 12.8 Å². The molecule has 0 fully saturated rings. The van der Waals surface area contributed by atoms with Crippen molar-refractivity contribution in [1.82, 2.24) is 0 Å². The third-order valence-electron chi connectivity index (χ3n) is 0.454. The predicted molar refractivity (Wildman–Crippen MR) is 20.9 cm³/mol. The van der Waals surface area contributed by atoms with E-state index in [-0.39, 0.29) is 0 Å². The highest BCUT2D eigenvalue weighted by atomic mass is 19.3. The molecule has 0 aliphatic carbocycles. The van der Waals surface area contributed by atoms with Crippen LogP contribution in [0.4, 0.5) is 13.2 Å². The van der Waals surface area contributed by atoms with E-state index in [1.807, 2.05) is 0 Å². The summed E-state index contributed by atoms with van der Waals surface area (Å²) < 4.78 is 33.0. The molecule has 0 amide bonds. The lowest BCUT2D eigenvalue weighted by Crippen LogP contribution is -1.90. The zero-order valence-electron chi connectivity index (χ0n) is 3.70. The molecule has 0 nitrogen and oxygen atoms in total. The Balaban J connectivity index is 2.68. The number of alkyl halides is 3. The molecule has 0 aromatic heterocycles. The second kappa shape index (κ2) is 3.96. The molecule has 0 saturated carbocycles. The fourth-order valence-corrected chi connectivity index (χ4v) is 0.189. The Hall–Kier alpha value is -0.210. The van der Waals surface area contributed by atoms with Crippen LogP contribution in [-0.4, -0.2) is 13.1 Å². The minimum atomic E-state index is -2.39. The molecule has 0 unspecified atom stereocenters. The van der Waals surface area contributed by atoms with Crippen LogP contribution in [0.15, 0.2) is 0 Å². The molecule has 0 aromatic carbocycles. The molecule has 3 heteroatoms. The highest BCUT2D eigenvalue weighted by Gasteiger charge is 1.99. The van der Waals surface area contributed by atoms with Gasteiger partial charge in [0, 0.05) is 6.42 Å². The molecule has 0 heterocycles. The van der Waals surface area contributed by atoms with Crippen molar-refractivity contribution in [2.24, 2.45) is 0 Å². The molecular weight excluding hydrogens is 105 g/mol. The van der Waals surface area contributed by atoms with E-state index in [0.717, 1.165) is 6.42 Å². The summed E-state index contributed by atoms with van der Waals surface area (Å²) in [5.41, 5.74) is 0. The van der Waals surface area contributed by atoms with Gasteiger partial charge in [-0.25, -0.2) is 8.78 Å². The van der Waals surface area contributed by atoms with Gasteiger partial charge in [0.2, 0.25) is 6.43 Å². The van der Waals surface area contributed by atoms with Crippen molar-refractivity contribution < 1.29 is 13.2 Å². The van der Waals surface area contributed by atoms with Crippen molar-refractivity contribution in [3.63, 3.8) is 0 Å². The lowest BCUT2D eigenvalue weighted by Gasteiger charge is -1.89. The second-order valence-corrected chi connectivity index (χ2v) is 1.07. The van der Waals surface area contributed by atoms with Gasteiger partial charge in [0.15, 0.2) is 0 Å². The first-order chi connectivity index (χ1) is 3.27. The van der Waals surface area contributed by atoms with Crippen LogP contribution in [0, 0.1) is 6.42 Å². The average molecular weight is 111 g/mol. The first kappa shape index (κ1) is 6.79. The van der Waals surface area contributed by atoms with E-state index in [9.17, 15) is 13.2 Å². The second-order valence-electron chi connectivity index (χ2n) is 1.07. The highest BCUT2D eigenvalue weighted by Crippen LogP contribution is 2.00. The largest absolute Gasteiger partial charge is 0.251 e. The van der Waals surface area contributed by atoms with Gasteiger partial charge in [-0.15, -0.1) is 0 Å². The Morgan fingerprint density at radius 1 is 1.43 bits per heavy atom. The summed E-state index contributed by atoms with van der Waals surface area (Å²) in [7, 11) is 0. The molecule has 0 saturated heterocycles. The van der Waals surface area contributed by atoms with Crippen LogP contribution in [0.1, 0.15) is 6.42 Å². The third-order valence-corrected chi connectivity index (χ3v) is 0.454. The van der Waals surface area contributed by atoms with Crippen LogP contribution in [0.25, 0.3) is 0 Å². The minimum absolute atomic E-state index is 0.434. The van der Waals surface area contributed by atoms with Crippen molar-refractivity contribution in [2.75, 3.05) is 6.67 Å². The van der Waals surface area contributed by atoms with Gasteiger partial charge in [0.1, 0.15) is 0 Å². The summed E-state index contributed by atoms with van der Waals surface area (Å²) in [6.45, 7) is -0.760. The zero-order valence-corrected chi connectivity index (χ0v) is 3.70. The monoisotopic (exact) mass is 111 g/mol. The molecular formula is C4H6F3. The number of halogens is 3. The standard InChI is InChI=1S/C4H6F3/c5-3-1-2-4(6)7/h1,4H,2-3H2. The van der Waals surface area contributed by atoms with E-state index in [2.05, 4.69) is 0 Å². The van der Waals surface area contributed by atoms with Gasteiger partial charge >= 0.3 is 0 Å². The smallest absolute Gasteiger partial charge is 0.239 e. The molecule has 0 aromatic rings. The van der Waals surface area contributed by atoms with Crippen molar-refractivity contribution in [3.05, 3.63) is 6.42 Å². The first-order valence-corrected chi connectivity index (χ1v) is 1.93. The van der Waals surface area contributed by atoms with Gasteiger partial charge in [-0.2, -0.15) is 0 Å². The molecule has 0 N–H and O–H groups in total. The van der Waals surface area contributed by atoms with Crippen LogP contribution in [-0.2, 0) is 0 Å². The minimum Gasteiger partial charge on any atom is -0.251 e. The lowest BCUT2D eigenvalue weighted by atomic mass is 10.3. The van der Waals surface area contributed by atoms with Crippen LogP contribution >= 0.6 is 0 Å². The van der Waals surface area contributed by atoms with E-state index < -0.39 is 19.5 Å². The van der Waals surface area contributed by atoms with Gasteiger partial charge in [-0.1, -0.05) is 0 Å². The van der Waals surface area contributed by atoms with Gasteiger partial charge in [-0.05, 0) is 6.42 Å². The SMILES string of the molecule is FC[CH]CC(F)F. The van der Waals surface area contributed by atoms with Gasteiger partial charge in [-0.3, -0.25) is 4.39 Å². The Bertz CT molecular complexity index is 35.9. The molecule has 43 valence electrons. The Kier molecular flexibility index (Phi) is 3.84. The molecule has 0 rings (SSSR count). The summed E-state index contributed by atoms with van der Waals surface area (Å²) in [5.74, 6) is 0. The van der Waals surface area contributed by atoms with E-state index in [1.54, 1.807) is 0 Å². The van der Waals surface area contributed by atoms with Gasteiger partial charge < -0.3 is 0 Å². The molecule has 1 radical (unpaired) electrons. The van der Waals surface area contributed by atoms with Gasteiger partial charge in [0.05, 0.1) is 6.67 Å². The molecule has 0 aliphatic heterocycles. The summed E-state index contributed by atoms with van der Waals surface area (Å²) in [6.07, 6.45) is -1.92. The number of hydrogen-bond acceptors (Lipinski definition) is 0.